The lowest BCUT2D eigenvalue weighted by Crippen LogP contribution is -2.21. The molecule has 0 radical (unpaired) electrons. The molecular formula is C15H11F3N8O2S. The van der Waals surface area contributed by atoms with Crippen molar-refractivity contribution < 1.29 is 21.6 Å². The lowest BCUT2D eigenvalue weighted by Gasteiger charge is -2.17. The maximum absolute atomic E-state index is 13.6. The third kappa shape index (κ3) is 3.17. The maximum atomic E-state index is 13.6. The minimum atomic E-state index is -5.00. The summed E-state index contributed by atoms with van der Waals surface area (Å²) in [5.74, 6) is -0.303. The molecule has 0 saturated heterocycles. The molecular weight excluding hydrogens is 413 g/mol. The van der Waals surface area contributed by atoms with Gasteiger partial charge in [0.2, 0.25) is 15.8 Å². The van der Waals surface area contributed by atoms with Gasteiger partial charge in [-0.2, -0.15) is 18.4 Å². The Kier molecular flexibility index (Phi) is 4.06. The van der Waals surface area contributed by atoms with Crippen LogP contribution in [0, 0.1) is 0 Å². The predicted octanol–water partition coefficient (Wildman–Crippen LogP) is 1.66. The first kappa shape index (κ1) is 18.8. The molecule has 0 bridgehead atoms. The molecule has 2 aromatic carbocycles. The van der Waals surface area contributed by atoms with E-state index in [0.717, 1.165) is 6.07 Å². The van der Waals surface area contributed by atoms with E-state index in [2.05, 4.69) is 30.6 Å². The topological polar surface area (TPSA) is 169 Å². The molecule has 2 heterocycles. The highest BCUT2D eigenvalue weighted by Crippen LogP contribution is 2.43. The monoisotopic (exact) mass is 424 g/mol. The predicted molar refractivity (Wildman–Crippen MR) is 95.5 cm³/mol. The number of hydrogen-bond donors (Lipinski definition) is 4. The number of H-pyrrole nitrogens is 2. The van der Waals surface area contributed by atoms with Crippen LogP contribution >= 0.6 is 0 Å². The van der Waals surface area contributed by atoms with Crippen LogP contribution in [-0.2, 0) is 16.2 Å². The highest BCUT2D eigenvalue weighted by atomic mass is 32.2. The van der Waals surface area contributed by atoms with E-state index in [4.69, 9.17) is 10.9 Å². The van der Waals surface area contributed by atoms with Gasteiger partial charge in [-0.3, -0.25) is 0 Å². The van der Waals surface area contributed by atoms with Gasteiger partial charge in [0.25, 0.3) is 0 Å². The summed E-state index contributed by atoms with van der Waals surface area (Å²) in [6, 6.07) is 6.53. The second-order valence-corrected chi connectivity index (χ2v) is 7.47. The van der Waals surface area contributed by atoms with Gasteiger partial charge >= 0.3 is 6.18 Å². The van der Waals surface area contributed by atoms with E-state index in [1.807, 2.05) is 0 Å². The molecule has 0 aliphatic carbocycles. The van der Waals surface area contributed by atoms with Crippen molar-refractivity contribution in [1.82, 2.24) is 30.6 Å². The van der Waals surface area contributed by atoms with Gasteiger partial charge in [0.15, 0.2) is 5.95 Å². The first-order valence-corrected chi connectivity index (χ1v) is 9.37. The van der Waals surface area contributed by atoms with Gasteiger partial charge in [0.05, 0.1) is 22.2 Å². The molecule has 0 unspecified atom stereocenters. The number of halogens is 3. The molecule has 29 heavy (non-hydrogen) atoms. The summed E-state index contributed by atoms with van der Waals surface area (Å²) in [4.78, 5) is 5.76. The van der Waals surface area contributed by atoms with Crippen LogP contribution < -0.4 is 10.9 Å². The molecule has 10 nitrogen and oxygen atoms in total. The van der Waals surface area contributed by atoms with E-state index in [9.17, 15) is 21.6 Å². The molecule has 0 saturated carbocycles. The molecule has 0 fully saturated rings. The smallest absolute Gasteiger partial charge is 0.369 e. The third-order valence-electron chi connectivity index (χ3n) is 4.14. The van der Waals surface area contributed by atoms with E-state index in [0.29, 0.717) is 22.7 Å². The Labute approximate surface area is 160 Å². The molecule has 4 rings (SSSR count). The fraction of sp³-hybridized carbons (Fsp3) is 0.0667. The van der Waals surface area contributed by atoms with Crippen molar-refractivity contribution in [2.45, 2.75) is 11.1 Å². The number of para-hydroxylation sites is 1. The fourth-order valence-corrected chi connectivity index (χ4v) is 4.06. The van der Waals surface area contributed by atoms with E-state index in [1.54, 1.807) is 18.2 Å². The van der Waals surface area contributed by atoms with E-state index >= 15 is 0 Å². The number of imidazole rings is 1. The molecule has 14 heteroatoms. The molecule has 4 aromatic rings. The second kappa shape index (κ2) is 6.25. The van der Waals surface area contributed by atoms with Crippen molar-refractivity contribution >= 4 is 27.0 Å². The normalized spacial score (nSPS) is 12.6. The number of nitrogens with one attached hydrogen (secondary N) is 2. The van der Waals surface area contributed by atoms with Crippen LogP contribution in [0.3, 0.4) is 0 Å². The van der Waals surface area contributed by atoms with Crippen molar-refractivity contribution in [3.63, 3.8) is 0 Å². The fourth-order valence-electron chi connectivity index (χ4n) is 3.08. The Morgan fingerprint density at radius 3 is 2.45 bits per heavy atom. The van der Waals surface area contributed by atoms with Crippen molar-refractivity contribution in [3.05, 3.63) is 35.9 Å². The lowest BCUT2D eigenvalue weighted by atomic mass is 9.95. The number of hydrogen-bond acceptors (Lipinski definition) is 7. The Morgan fingerprint density at radius 2 is 1.83 bits per heavy atom. The standard InChI is InChI=1S/C15H11F3N8O2S/c16-15(17,18)8-5-4-6(7-2-1-3-9-11(7)22-14(19)21-9)10(12(8)29(20,27)28)13-23-25-26-24-13/h1-5H,(H3,19,21,22)(H2,20,27,28)(H,23,24,25,26). The van der Waals surface area contributed by atoms with E-state index in [-0.39, 0.29) is 17.3 Å². The summed E-state index contributed by atoms with van der Waals surface area (Å²) >= 11 is 0. The second-order valence-electron chi connectivity index (χ2n) is 5.97. The molecule has 0 spiro atoms. The first-order valence-electron chi connectivity index (χ1n) is 7.83. The van der Waals surface area contributed by atoms with Gasteiger partial charge in [-0.05, 0) is 22.9 Å². The number of aromatic amines is 2. The van der Waals surface area contributed by atoms with Crippen LogP contribution in [0.4, 0.5) is 19.1 Å². The van der Waals surface area contributed by atoms with E-state index in [1.165, 1.54) is 0 Å². The average Bonchev–Trinajstić information content (AvgIpc) is 3.27. The summed E-state index contributed by atoms with van der Waals surface area (Å²) in [5.41, 5.74) is 4.95. The molecule has 0 aliphatic rings. The van der Waals surface area contributed by atoms with Crippen LogP contribution in [0.5, 0.6) is 0 Å². The van der Waals surface area contributed by atoms with Gasteiger partial charge in [0, 0.05) is 5.56 Å². The van der Waals surface area contributed by atoms with Gasteiger partial charge in [0.1, 0.15) is 4.90 Å². The van der Waals surface area contributed by atoms with Crippen molar-refractivity contribution in [2.75, 3.05) is 5.73 Å². The Balaban J connectivity index is 2.19. The number of fused-ring (bicyclic) bond motifs is 1. The average molecular weight is 424 g/mol. The number of nitrogens with two attached hydrogens (primary N) is 2. The quantitative estimate of drug-likeness (QED) is 0.387. The van der Waals surface area contributed by atoms with E-state index < -0.39 is 32.2 Å². The summed E-state index contributed by atoms with van der Waals surface area (Å²) in [5, 5.41) is 17.9. The molecule has 0 aliphatic heterocycles. The number of alkyl halides is 3. The highest BCUT2D eigenvalue weighted by Gasteiger charge is 2.40. The Bertz CT molecular complexity index is 1330. The largest absolute Gasteiger partial charge is 0.417 e. The molecule has 6 N–H and O–H groups in total. The molecule has 0 atom stereocenters. The maximum Gasteiger partial charge on any atom is 0.417 e. The minimum Gasteiger partial charge on any atom is -0.369 e. The summed E-state index contributed by atoms with van der Waals surface area (Å²) in [6.45, 7) is 0. The number of primary sulfonamides is 1. The number of anilines is 1. The van der Waals surface area contributed by atoms with Gasteiger partial charge in [-0.25, -0.2) is 18.5 Å². The van der Waals surface area contributed by atoms with Crippen LogP contribution in [0.1, 0.15) is 5.56 Å². The van der Waals surface area contributed by atoms with Crippen LogP contribution in [0.25, 0.3) is 33.5 Å². The Hall–Kier alpha value is -3.52. The number of tetrazole rings is 1. The number of aromatic nitrogens is 6. The number of nitrogens with zero attached hydrogens (tertiary/aromatic N) is 4. The summed E-state index contributed by atoms with van der Waals surface area (Å²) < 4.78 is 65.2. The van der Waals surface area contributed by atoms with Gasteiger partial charge in [-0.1, -0.05) is 18.2 Å². The number of nitrogen functional groups attached to an aromatic ring is 1. The van der Waals surface area contributed by atoms with Crippen molar-refractivity contribution in [3.8, 4) is 22.5 Å². The van der Waals surface area contributed by atoms with Crippen LogP contribution in [0.2, 0.25) is 0 Å². The number of benzene rings is 2. The Morgan fingerprint density at radius 1 is 1.07 bits per heavy atom. The van der Waals surface area contributed by atoms with Crippen LogP contribution in [-0.4, -0.2) is 39.0 Å². The zero-order valence-electron chi connectivity index (χ0n) is 14.2. The number of sulfonamides is 1. The molecule has 0 amide bonds. The lowest BCUT2D eigenvalue weighted by molar-refractivity contribution is -0.139. The minimum absolute atomic E-state index is 0.0560. The first-order chi connectivity index (χ1) is 13.6. The molecule has 2 aromatic heterocycles. The van der Waals surface area contributed by atoms with Gasteiger partial charge < -0.3 is 10.7 Å². The van der Waals surface area contributed by atoms with Gasteiger partial charge in [-0.15, -0.1) is 10.2 Å². The zero-order valence-corrected chi connectivity index (χ0v) is 15.0. The van der Waals surface area contributed by atoms with Crippen molar-refractivity contribution in [2.24, 2.45) is 5.14 Å². The SMILES string of the molecule is Nc1nc2c(-c3ccc(C(F)(F)F)c(S(N)(=O)=O)c3-c3nn[nH]n3)cccc2[nH]1. The zero-order chi connectivity index (χ0) is 21.0. The summed E-state index contributed by atoms with van der Waals surface area (Å²) in [7, 11) is -4.85. The van der Waals surface area contributed by atoms with Crippen molar-refractivity contribution in [1.29, 1.82) is 0 Å². The summed E-state index contributed by atoms with van der Waals surface area (Å²) in [6.07, 6.45) is -5.00. The highest BCUT2D eigenvalue weighted by molar-refractivity contribution is 7.89. The number of rotatable bonds is 3. The molecule has 150 valence electrons. The van der Waals surface area contributed by atoms with Crippen LogP contribution in [0.15, 0.2) is 35.2 Å². The third-order valence-corrected chi connectivity index (χ3v) is 5.13.